The van der Waals surface area contributed by atoms with E-state index in [-0.39, 0.29) is 0 Å². The van der Waals surface area contributed by atoms with Crippen LogP contribution >= 0.6 is 23.1 Å². The Balaban J connectivity index is 1.78. The second kappa shape index (κ2) is 5.76. The first kappa shape index (κ1) is 13.8. The molecule has 2 aromatic rings. The molecule has 2 aliphatic heterocycles. The Hall–Kier alpha value is -0.810. The van der Waals surface area contributed by atoms with Crippen LogP contribution in [0, 0.1) is 0 Å². The number of nitrogens with zero attached hydrogens (tertiary/aromatic N) is 2. The van der Waals surface area contributed by atoms with Crippen molar-refractivity contribution in [2.45, 2.75) is 16.0 Å². The highest BCUT2D eigenvalue weighted by molar-refractivity contribution is 8.00. The molecular formula is C17H20N2S2. The van der Waals surface area contributed by atoms with Crippen molar-refractivity contribution in [2.75, 3.05) is 33.2 Å². The summed E-state index contributed by atoms with van der Waals surface area (Å²) in [6.45, 7) is 4.67. The summed E-state index contributed by atoms with van der Waals surface area (Å²) in [4.78, 5) is 5.11. The topological polar surface area (TPSA) is 6.48 Å². The molecule has 4 rings (SSSR count). The fraction of sp³-hybridized carbons (Fsp3) is 0.412. The standard InChI is InChI=1S/C17H20N2S2/c1-18-7-9-19(10-8-18)16-14-5-3-2-4-13(14)12-21-17-15(16)6-11-20-17/h2-6,11,16H,7-10,12H2,1H3/t16-/m0/s1. The van der Waals surface area contributed by atoms with Crippen LogP contribution in [0.15, 0.2) is 39.9 Å². The summed E-state index contributed by atoms with van der Waals surface area (Å²) in [5, 5.41) is 2.26. The minimum atomic E-state index is 0.450. The maximum atomic E-state index is 2.68. The largest absolute Gasteiger partial charge is 0.304 e. The van der Waals surface area contributed by atoms with Gasteiger partial charge >= 0.3 is 0 Å². The molecule has 1 atom stereocenters. The summed E-state index contributed by atoms with van der Waals surface area (Å²) < 4.78 is 1.51. The summed E-state index contributed by atoms with van der Waals surface area (Å²) in [6.07, 6.45) is 0. The molecule has 1 aromatic heterocycles. The quantitative estimate of drug-likeness (QED) is 0.792. The smallest absolute Gasteiger partial charge is 0.0653 e. The van der Waals surface area contributed by atoms with E-state index in [2.05, 4.69) is 52.6 Å². The van der Waals surface area contributed by atoms with Crippen molar-refractivity contribution in [1.29, 1.82) is 0 Å². The van der Waals surface area contributed by atoms with E-state index >= 15 is 0 Å². The molecule has 0 bridgehead atoms. The summed E-state index contributed by atoms with van der Waals surface area (Å²) in [6, 6.07) is 11.8. The average Bonchev–Trinajstić information content (AvgIpc) is 2.91. The van der Waals surface area contributed by atoms with Gasteiger partial charge in [0.25, 0.3) is 0 Å². The van der Waals surface area contributed by atoms with E-state index in [1.165, 1.54) is 34.0 Å². The summed E-state index contributed by atoms with van der Waals surface area (Å²) >= 11 is 3.91. The lowest BCUT2D eigenvalue weighted by Crippen LogP contribution is -2.46. The van der Waals surface area contributed by atoms with Crippen molar-refractivity contribution in [2.24, 2.45) is 0 Å². The molecule has 0 amide bonds. The van der Waals surface area contributed by atoms with E-state index < -0.39 is 0 Å². The fourth-order valence-corrected chi connectivity index (χ4v) is 5.51. The lowest BCUT2D eigenvalue weighted by atomic mass is 9.95. The first-order valence-electron chi connectivity index (χ1n) is 7.53. The zero-order valence-electron chi connectivity index (χ0n) is 12.3. The van der Waals surface area contributed by atoms with Crippen molar-refractivity contribution in [3.63, 3.8) is 0 Å². The molecule has 3 heterocycles. The van der Waals surface area contributed by atoms with Gasteiger partial charge in [0.05, 0.1) is 10.3 Å². The van der Waals surface area contributed by atoms with E-state index in [1.807, 2.05) is 23.1 Å². The van der Waals surface area contributed by atoms with E-state index in [0.717, 1.165) is 18.8 Å². The number of likely N-dealkylation sites (N-methyl/N-ethyl adjacent to an activating group) is 1. The van der Waals surface area contributed by atoms with Crippen molar-refractivity contribution >= 4 is 23.1 Å². The predicted octanol–water partition coefficient (Wildman–Crippen LogP) is 3.69. The SMILES string of the molecule is CN1CCN([C@H]2c3ccccc3CSc3sccc32)CC1. The van der Waals surface area contributed by atoms with Crippen molar-refractivity contribution < 1.29 is 0 Å². The Morgan fingerprint density at radius 1 is 1.00 bits per heavy atom. The molecule has 0 saturated carbocycles. The molecule has 0 aliphatic carbocycles. The van der Waals surface area contributed by atoms with Gasteiger partial charge in [-0.05, 0) is 35.2 Å². The molecule has 1 saturated heterocycles. The molecule has 2 nitrogen and oxygen atoms in total. The van der Waals surface area contributed by atoms with Gasteiger partial charge in [0, 0.05) is 31.9 Å². The first-order valence-corrected chi connectivity index (χ1v) is 9.40. The van der Waals surface area contributed by atoms with E-state index in [4.69, 9.17) is 0 Å². The zero-order chi connectivity index (χ0) is 14.2. The number of thiophene rings is 1. The molecule has 0 unspecified atom stereocenters. The molecule has 0 spiro atoms. The fourth-order valence-electron chi connectivity index (χ4n) is 3.34. The van der Waals surface area contributed by atoms with E-state index in [0.29, 0.717) is 6.04 Å². The molecular weight excluding hydrogens is 296 g/mol. The van der Waals surface area contributed by atoms with Gasteiger partial charge in [-0.15, -0.1) is 23.1 Å². The van der Waals surface area contributed by atoms with Crippen LogP contribution in [0.4, 0.5) is 0 Å². The van der Waals surface area contributed by atoms with E-state index in [1.54, 1.807) is 0 Å². The second-order valence-corrected chi connectivity index (χ2v) is 8.05. The highest BCUT2D eigenvalue weighted by atomic mass is 32.2. The van der Waals surface area contributed by atoms with Crippen LogP contribution in [0.5, 0.6) is 0 Å². The number of thioether (sulfide) groups is 1. The van der Waals surface area contributed by atoms with Crippen LogP contribution in [-0.2, 0) is 5.75 Å². The molecule has 0 radical (unpaired) electrons. The van der Waals surface area contributed by atoms with Gasteiger partial charge < -0.3 is 4.90 Å². The summed E-state index contributed by atoms with van der Waals surface area (Å²) in [5.74, 6) is 1.11. The third-order valence-corrected chi connectivity index (χ3v) is 6.88. The van der Waals surface area contributed by atoms with Crippen LogP contribution in [0.3, 0.4) is 0 Å². The van der Waals surface area contributed by atoms with Gasteiger partial charge in [-0.25, -0.2) is 0 Å². The Bertz CT molecular complexity index is 629. The summed E-state index contributed by atoms with van der Waals surface area (Å²) in [7, 11) is 2.23. The van der Waals surface area contributed by atoms with Gasteiger partial charge in [-0.3, -0.25) is 4.90 Å². The zero-order valence-corrected chi connectivity index (χ0v) is 13.9. The van der Waals surface area contributed by atoms with Crippen LogP contribution in [0.25, 0.3) is 0 Å². The van der Waals surface area contributed by atoms with E-state index in [9.17, 15) is 0 Å². The minimum Gasteiger partial charge on any atom is -0.304 e. The number of hydrogen-bond acceptors (Lipinski definition) is 4. The molecule has 1 fully saturated rings. The Kier molecular flexibility index (Phi) is 3.79. The molecule has 1 aromatic carbocycles. The second-order valence-electron chi connectivity index (χ2n) is 5.89. The summed E-state index contributed by atoms with van der Waals surface area (Å²) in [5.41, 5.74) is 4.56. The van der Waals surface area contributed by atoms with Crippen molar-refractivity contribution in [1.82, 2.24) is 9.80 Å². The van der Waals surface area contributed by atoms with Crippen LogP contribution < -0.4 is 0 Å². The molecule has 0 N–H and O–H groups in total. The molecule has 110 valence electrons. The predicted molar refractivity (Wildman–Crippen MR) is 91.2 cm³/mol. The lowest BCUT2D eigenvalue weighted by molar-refractivity contribution is 0.126. The van der Waals surface area contributed by atoms with Gasteiger partial charge in [0.2, 0.25) is 0 Å². The van der Waals surface area contributed by atoms with Crippen molar-refractivity contribution in [3.05, 3.63) is 52.4 Å². The minimum absolute atomic E-state index is 0.450. The monoisotopic (exact) mass is 316 g/mol. The number of hydrogen-bond donors (Lipinski definition) is 0. The molecule has 21 heavy (non-hydrogen) atoms. The highest BCUT2D eigenvalue weighted by Gasteiger charge is 2.31. The number of benzene rings is 1. The Morgan fingerprint density at radius 2 is 1.81 bits per heavy atom. The first-order chi connectivity index (χ1) is 10.3. The highest BCUT2D eigenvalue weighted by Crippen LogP contribution is 2.44. The van der Waals surface area contributed by atoms with Crippen molar-refractivity contribution in [3.8, 4) is 0 Å². The van der Waals surface area contributed by atoms with Gasteiger partial charge in [-0.2, -0.15) is 0 Å². The Labute approximate surface area is 134 Å². The van der Waals surface area contributed by atoms with Gasteiger partial charge in [0.1, 0.15) is 0 Å². The third-order valence-electron chi connectivity index (χ3n) is 4.56. The maximum Gasteiger partial charge on any atom is 0.0653 e. The number of piperazine rings is 1. The van der Waals surface area contributed by atoms with Crippen LogP contribution in [-0.4, -0.2) is 43.0 Å². The van der Waals surface area contributed by atoms with Crippen LogP contribution in [0.1, 0.15) is 22.7 Å². The lowest BCUT2D eigenvalue weighted by Gasteiger charge is -2.38. The van der Waals surface area contributed by atoms with Gasteiger partial charge in [0.15, 0.2) is 0 Å². The maximum absolute atomic E-state index is 2.68. The normalized spacial score (nSPS) is 23.4. The average molecular weight is 316 g/mol. The van der Waals surface area contributed by atoms with Crippen LogP contribution in [0.2, 0.25) is 0 Å². The number of rotatable bonds is 1. The third kappa shape index (κ3) is 2.55. The van der Waals surface area contributed by atoms with Gasteiger partial charge in [-0.1, -0.05) is 24.3 Å². The molecule has 2 aliphatic rings. The Morgan fingerprint density at radius 3 is 2.67 bits per heavy atom. The molecule has 4 heteroatoms. The number of fused-ring (bicyclic) bond motifs is 2.